The molecule has 2 aliphatic rings. The number of ether oxygens (including phenoxy) is 2. The number of hydrogen-bond acceptors (Lipinski definition) is 8. The van der Waals surface area contributed by atoms with Crippen molar-refractivity contribution in [2.45, 2.75) is 23.3 Å². The maximum absolute atomic E-state index is 11.2. The molecule has 0 aliphatic carbocycles. The first kappa shape index (κ1) is 26.2. The predicted molar refractivity (Wildman–Crippen MR) is 127 cm³/mol. The van der Waals surface area contributed by atoms with Crippen molar-refractivity contribution in [1.29, 1.82) is 0 Å². The fraction of sp³-hybridized carbons (Fsp3) is 0.273. The van der Waals surface area contributed by atoms with E-state index < -0.39 is 0 Å². The lowest BCUT2D eigenvalue weighted by atomic mass is 10.3. The highest BCUT2D eigenvalue weighted by atomic mass is 32.2. The van der Waals surface area contributed by atoms with Crippen molar-refractivity contribution >= 4 is 45.8 Å². The maximum Gasteiger partial charge on any atom is 0.286 e. The molecule has 11 heteroatoms. The van der Waals surface area contributed by atoms with E-state index in [0.29, 0.717) is 26.1 Å². The first-order chi connectivity index (χ1) is 15.5. The molecular formula is C22H24N2O7S2. The van der Waals surface area contributed by atoms with Gasteiger partial charge in [0.25, 0.3) is 10.5 Å². The van der Waals surface area contributed by atoms with E-state index in [1.165, 1.54) is 0 Å². The highest BCUT2D eigenvalue weighted by molar-refractivity contribution is 8.15. The van der Waals surface area contributed by atoms with E-state index in [-0.39, 0.29) is 38.3 Å². The molecule has 2 fully saturated rings. The Hall–Kier alpha value is -3.02. The van der Waals surface area contributed by atoms with Gasteiger partial charge in [-0.15, -0.1) is 0 Å². The number of hydrogen-bond donors (Lipinski definition) is 2. The number of amides is 4. The SMILES string of the molecule is O.O=C1NC(=O)C(CCOc2ccccc2)S1.O=C1NC(=O)C(CCOc2ccccc2)S1. The van der Waals surface area contributed by atoms with Gasteiger partial charge in [-0.1, -0.05) is 59.9 Å². The zero-order valence-electron chi connectivity index (χ0n) is 17.5. The van der Waals surface area contributed by atoms with Crippen molar-refractivity contribution in [2.75, 3.05) is 13.2 Å². The summed E-state index contributed by atoms with van der Waals surface area (Å²) in [6, 6.07) is 18.8. The minimum Gasteiger partial charge on any atom is -0.494 e. The van der Waals surface area contributed by atoms with Gasteiger partial charge in [-0.05, 0) is 24.3 Å². The number of benzene rings is 2. The number of thioether (sulfide) groups is 2. The normalized spacial score (nSPS) is 19.0. The first-order valence-electron chi connectivity index (χ1n) is 9.90. The van der Waals surface area contributed by atoms with Gasteiger partial charge < -0.3 is 14.9 Å². The zero-order valence-corrected chi connectivity index (χ0v) is 19.2. The van der Waals surface area contributed by atoms with Gasteiger partial charge in [-0.2, -0.15) is 0 Å². The van der Waals surface area contributed by atoms with Gasteiger partial charge in [0.05, 0.1) is 23.7 Å². The largest absolute Gasteiger partial charge is 0.494 e. The van der Waals surface area contributed by atoms with Crippen LogP contribution in [0.5, 0.6) is 11.5 Å². The standard InChI is InChI=1S/2C11H11NO3S.H2O/c2*13-10-9(16-11(14)12-10)6-7-15-8-4-2-1-3-5-8;/h2*1-5,9H,6-7H2,(H,12,13,14);1H2. The summed E-state index contributed by atoms with van der Waals surface area (Å²) in [6.07, 6.45) is 1.08. The number of nitrogens with one attached hydrogen (secondary N) is 2. The molecule has 0 radical (unpaired) electrons. The third-order valence-corrected chi connectivity index (χ3v) is 6.42. The quantitative estimate of drug-likeness (QED) is 0.573. The molecule has 33 heavy (non-hydrogen) atoms. The molecular weight excluding hydrogens is 468 g/mol. The average Bonchev–Trinajstić information content (AvgIpc) is 3.29. The minimum absolute atomic E-state index is 0. The molecule has 2 aromatic carbocycles. The Morgan fingerprint density at radius 1 is 0.636 bits per heavy atom. The molecule has 2 aromatic rings. The van der Waals surface area contributed by atoms with Gasteiger partial charge in [0.2, 0.25) is 11.8 Å². The molecule has 2 heterocycles. The lowest BCUT2D eigenvalue weighted by Gasteiger charge is -2.07. The molecule has 2 unspecified atom stereocenters. The Morgan fingerprint density at radius 3 is 1.30 bits per heavy atom. The Labute approximate surface area is 199 Å². The van der Waals surface area contributed by atoms with Crippen molar-refractivity contribution < 1.29 is 34.1 Å². The highest BCUT2D eigenvalue weighted by Crippen LogP contribution is 2.23. The summed E-state index contributed by atoms with van der Waals surface area (Å²) in [7, 11) is 0. The minimum atomic E-state index is -0.309. The van der Waals surface area contributed by atoms with Gasteiger partial charge in [-0.25, -0.2) is 0 Å². The van der Waals surface area contributed by atoms with Gasteiger partial charge in [0.1, 0.15) is 11.5 Å². The Balaban J connectivity index is 0.000000227. The fourth-order valence-corrected chi connectivity index (χ4v) is 4.36. The lowest BCUT2D eigenvalue weighted by Crippen LogP contribution is -2.25. The van der Waals surface area contributed by atoms with Crippen molar-refractivity contribution in [3.63, 3.8) is 0 Å². The molecule has 2 aliphatic heterocycles. The topological polar surface area (TPSA) is 142 Å². The zero-order chi connectivity index (χ0) is 22.8. The molecule has 4 amide bonds. The third kappa shape index (κ3) is 8.79. The summed E-state index contributed by atoms with van der Waals surface area (Å²) in [5.74, 6) is 1.12. The second-order valence-electron chi connectivity index (χ2n) is 6.67. The smallest absolute Gasteiger partial charge is 0.286 e. The molecule has 2 atom stereocenters. The van der Waals surface area contributed by atoms with Gasteiger partial charge in [-0.3, -0.25) is 29.8 Å². The van der Waals surface area contributed by atoms with Crippen LogP contribution in [-0.4, -0.2) is 51.5 Å². The summed E-state index contributed by atoms with van der Waals surface area (Å²) < 4.78 is 10.9. The van der Waals surface area contributed by atoms with Crippen LogP contribution in [0.2, 0.25) is 0 Å². The second kappa shape index (κ2) is 13.5. The highest BCUT2D eigenvalue weighted by Gasteiger charge is 2.31. The number of carbonyl (C=O) groups is 4. The molecule has 0 bridgehead atoms. The van der Waals surface area contributed by atoms with Gasteiger partial charge in [0.15, 0.2) is 0 Å². The summed E-state index contributed by atoms with van der Waals surface area (Å²) in [5.41, 5.74) is 0. The Morgan fingerprint density at radius 2 is 1.00 bits per heavy atom. The number of carbonyl (C=O) groups excluding carboxylic acids is 4. The predicted octanol–water partition coefficient (Wildman–Crippen LogP) is 2.79. The van der Waals surface area contributed by atoms with Gasteiger partial charge in [0, 0.05) is 12.8 Å². The maximum atomic E-state index is 11.2. The number of para-hydroxylation sites is 2. The molecule has 4 N–H and O–H groups in total. The van der Waals surface area contributed by atoms with E-state index in [1.807, 2.05) is 60.7 Å². The van der Waals surface area contributed by atoms with Crippen LogP contribution in [0.3, 0.4) is 0 Å². The van der Waals surface area contributed by atoms with E-state index in [9.17, 15) is 19.2 Å². The van der Waals surface area contributed by atoms with Crippen molar-refractivity contribution in [2.24, 2.45) is 0 Å². The van der Waals surface area contributed by atoms with Crippen molar-refractivity contribution in [3.8, 4) is 11.5 Å². The van der Waals surface area contributed by atoms with Crippen molar-refractivity contribution in [3.05, 3.63) is 60.7 Å². The monoisotopic (exact) mass is 492 g/mol. The van der Waals surface area contributed by atoms with Crippen LogP contribution < -0.4 is 20.1 Å². The molecule has 0 spiro atoms. The lowest BCUT2D eigenvalue weighted by molar-refractivity contribution is -0.120. The summed E-state index contributed by atoms with van der Waals surface area (Å²) >= 11 is 2.06. The van der Waals surface area contributed by atoms with Crippen LogP contribution in [0, 0.1) is 0 Å². The van der Waals surface area contributed by atoms with E-state index in [0.717, 1.165) is 35.0 Å². The van der Waals surface area contributed by atoms with Gasteiger partial charge >= 0.3 is 0 Å². The third-order valence-electron chi connectivity index (χ3n) is 4.32. The summed E-state index contributed by atoms with van der Waals surface area (Å²) in [6.45, 7) is 0.866. The van der Waals surface area contributed by atoms with Crippen LogP contribution in [0.1, 0.15) is 12.8 Å². The molecule has 0 aromatic heterocycles. The number of imide groups is 2. The van der Waals surface area contributed by atoms with E-state index >= 15 is 0 Å². The molecule has 0 saturated carbocycles. The van der Waals surface area contributed by atoms with E-state index in [4.69, 9.17) is 9.47 Å². The van der Waals surface area contributed by atoms with E-state index in [1.54, 1.807) is 0 Å². The number of rotatable bonds is 8. The molecule has 2 saturated heterocycles. The van der Waals surface area contributed by atoms with Crippen LogP contribution >= 0.6 is 23.5 Å². The molecule has 9 nitrogen and oxygen atoms in total. The van der Waals surface area contributed by atoms with Crippen LogP contribution in [0.25, 0.3) is 0 Å². The first-order valence-corrected chi connectivity index (χ1v) is 11.7. The molecule has 4 rings (SSSR count). The van der Waals surface area contributed by atoms with Crippen LogP contribution in [-0.2, 0) is 9.59 Å². The van der Waals surface area contributed by atoms with Crippen LogP contribution in [0.4, 0.5) is 9.59 Å². The Bertz CT molecular complexity index is 867. The van der Waals surface area contributed by atoms with E-state index in [2.05, 4.69) is 10.6 Å². The van der Waals surface area contributed by atoms with Crippen molar-refractivity contribution in [1.82, 2.24) is 10.6 Å². The Kier molecular flexibility index (Phi) is 10.7. The molecule has 176 valence electrons. The second-order valence-corrected chi connectivity index (χ2v) is 9.02. The van der Waals surface area contributed by atoms with Crippen LogP contribution in [0.15, 0.2) is 60.7 Å². The fourth-order valence-electron chi connectivity index (χ4n) is 2.77. The summed E-state index contributed by atoms with van der Waals surface area (Å²) in [5, 5.41) is 3.33. The summed E-state index contributed by atoms with van der Waals surface area (Å²) in [4.78, 5) is 44.2. The average molecular weight is 493 g/mol.